The highest BCUT2D eigenvalue weighted by molar-refractivity contribution is 7.15. The molecule has 0 aliphatic carbocycles. The third kappa shape index (κ3) is 4.18. The summed E-state index contributed by atoms with van der Waals surface area (Å²) in [7, 11) is 0. The molecule has 0 radical (unpaired) electrons. The molecule has 0 saturated carbocycles. The van der Waals surface area contributed by atoms with Gasteiger partial charge in [0.2, 0.25) is 0 Å². The Balaban J connectivity index is 2.21. The molecule has 120 valence electrons. The lowest BCUT2D eigenvalue weighted by molar-refractivity contribution is 0.0989. The molecule has 2 atom stereocenters. The molecule has 1 saturated heterocycles. The predicted octanol–water partition coefficient (Wildman–Crippen LogP) is 3.38. The van der Waals surface area contributed by atoms with E-state index < -0.39 is 0 Å². The molecule has 2 rings (SSSR count). The Morgan fingerprint density at radius 1 is 1.43 bits per heavy atom. The second-order valence-electron chi connectivity index (χ2n) is 6.27. The van der Waals surface area contributed by atoms with E-state index in [1.165, 1.54) is 15.7 Å². The zero-order valence-electron chi connectivity index (χ0n) is 14.0. The highest BCUT2D eigenvalue weighted by Gasteiger charge is 2.24. The van der Waals surface area contributed by atoms with E-state index in [0.29, 0.717) is 18.0 Å². The van der Waals surface area contributed by atoms with Crippen molar-refractivity contribution in [3.63, 3.8) is 0 Å². The number of morpholine rings is 1. The van der Waals surface area contributed by atoms with Crippen LogP contribution in [0.2, 0.25) is 0 Å². The Hall–Kier alpha value is -0.650. The number of nitrogens with one attached hydrogen (secondary N) is 1. The van der Waals surface area contributed by atoms with Crippen LogP contribution < -0.4 is 10.2 Å². The van der Waals surface area contributed by atoms with Crippen LogP contribution in [0.3, 0.4) is 0 Å². The summed E-state index contributed by atoms with van der Waals surface area (Å²) in [6.07, 6.45) is 1.14. The fourth-order valence-electron chi connectivity index (χ4n) is 2.49. The normalized spacial score (nSPS) is 21.0. The fourth-order valence-corrected chi connectivity index (χ4v) is 3.75. The van der Waals surface area contributed by atoms with Gasteiger partial charge in [0.05, 0.1) is 24.9 Å². The van der Waals surface area contributed by atoms with Gasteiger partial charge < -0.3 is 15.0 Å². The summed E-state index contributed by atoms with van der Waals surface area (Å²) in [6.45, 7) is 14.6. The quantitative estimate of drug-likeness (QED) is 0.874. The number of nitrogens with zero attached hydrogens (tertiary/aromatic N) is 2. The first-order valence-electron chi connectivity index (χ1n) is 8.10. The van der Waals surface area contributed by atoms with Crippen LogP contribution in [0.5, 0.6) is 0 Å². The second-order valence-corrected chi connectivity index (χ2v) is 7.33. The van der Waals surface area contributed by atoms with Crippen molar-refractivity contribution in [1.29, 1.82) is 0 Å². The van der Waals surface area contributed by atoms with E-state index in [2.05, 4.69) is 44.8 Å². The van der Waals surface area contributed by atoms with E-state index in [0.717, 1.165) is 32.7 Å². The number of aromatic nitrogens is 1. The molecule has 21 heavy (non-hydrogen) atoms. The lowest BCUT2D eigenvalue weighted by Gasteiger charge is -2.32. The number of ether oxygens (including phenoxy) is 1. The van der Waals surface area contributed by atoms with Crippen LogP contribution in [-0.4, -0.2) is 36.8 Å². The Morgan fingerprint density at radius 3 is 2.81 bits per heavy atom. The van der Waals surface area contributed by atoms with Gasteiger partial charge in [-0.1, -0.05) is 27.7 Å². The van der Waals surface area contributed by atoms with Crippen molar-refractivity contribution >= 4 is 16.5 Å². The van der Waals surface area contributed by atoms with Gasteiger partial charge in [-0.3, -0.25) is 0 Å². The molecular weight excluding hydrogens is 282 g/mol. The standard InChI is InChI=1S/C16H29N3OS/c1-6-12(4)15-14(9-17-11(2)3)21-16(18-15)19-7-8-20-10-13(19)5/h11-13,17H,6-10H2,1-5H3. The second kappa shape index (κ2) is 7.56. The average Bonchev–Trinajstić information content (AvgIpc) is 2.88. The first kappa shape index (κ1) is 16.7. The smallest absolute Gasteiger partial charge is 0.186 e. The molecule has 4 nitrogen and oxygen atoms in total. The van der Waals surface area contributed by atoms with Crippen molar-refractivity contribution in [2.75, 3.05) is 24.7 Å². The van der Waals surface area contributed by atoms with Crippen LogP contribution in [0, 0.1) is 0 Å². The molecule has 1 fully saturated rings. The van der Waals surface area contributed by atoms with Gasteiger partial charge in [-0.05, 0) is 19.3 Å². The summed E-state index contributed by atoms with van der Waals surface area (Å²) in [5, 5.41) is 4.70. The summed E-state index contributed by atoms with van der Waals surface area (Å²) in [4.78, 5) is 8.78. The predicted molar refractivity (Wildman–Crippen MR) is 90.4 cm³/mol. The van der Waals surface area contributed by atoms with Crippen molar-refractivity contribution in [3.05, 3.63) is 10.6 Å². The van der Waals surface area contributed by atoms with Gasteiger partial charge in [0.25, 0.3) is 0 Å². The van der Waals surface area contributed by atoms with Crippen molar-refractivity contribution in [1.82, 2.24) is 10.3 Å². The van der Waals surface area contributed by atoms with Crippen molar-refractivity contribution < 1.29 is 4.74 Å². The summed E-state index contributed by atoms with van der Waals surface area (Å²) in [5.74, 6) is 0.523. The van der Waals surface area contributed by atoms with Crippen LogP contribution in [0.4, 0.5) is 5.13 Å². The highest BCUT2D eigenvalue weighted by atomic mass is 32.1. The fraction of sp³-hybridized carbons (Fsp3) is 0.812. The summed E-state index contributed by atoms with van der Waals surface area (Å²) in [6, 6.07) is 0.920. The molecule has 1 aliphatic heterocycles. The maximum Gasteiger partial charge on any atom is 0.186 e. The minimum absolute atomic E-state index is 0.417. The van der Waals surface area contributed by atoms with Crippen molar-refractivity contribution in [2.24, 2.45) is 0 Å². The molecule has 5 heteroatoms. The van der Waals surface area contributed by atoms with Gasteiger partial charge in [-0.2, -0.15) is 0 Å². The largest absolute Gasteiger partial charge is 0.377 e. The maximum absolute atomic E-state index is 5.54. The van der Waals surface area contributed by atoms with E-state index in [1.807, 2.05) is 11.3 Å². The number of anilines is 1. The number of rotatable bonds is 6. The molecule has 1 N–H and O–H groups in total. The molecule has 0 amide bonds. The molecule has 1 aromatic heterocycles. The Morgan fingerprint density at radius 2 is 2.19 bits per heavy atom. The van der Waals surface area contributed by atoms with Crippen LogP contribution in [0.25, 0.3) is 0 Å². The van der Waals surface area contributed by atoms with E-state index in [1.54, 1.807) is 0 Å². The molecular formula is C16H29N3OS. The minimum atomic E-state index is 0.417. The van der Waals surface area contributed by atoms with Gasteiger partial charge in [0.15, 0.2) is 5.13 Å². The van der Waals surface area contributed by atoms with E-state index in [9.17, 15) is 0 Å². The number of hydrogen-bond acceptors (Lipinski definition) is 5. The van der Waals surface area contributed by atoms with Gasteiger partial charge in [0.1, 0.15) is 0 Å². The Labute approximate surface area is 132 Å². The van der Waals surface area contributed by atoms with Crippen LogP contribution in [-0.2, 0) is 11.3 Å². The molecule has 0 aromatic carbocycles. The van der Waals surface area contributed by atoms with Crippen LogP contribution >= 0.6 is 11.3 Å². The summed E-state index contributed by atoms with van der Waals surface area (Å²) in [5.41, 5.74) is 1.28. The molecule has 0 bridgehead atoms. The first-order valence-corrected chi connectivity index (χ1v) is 8.91. The van der Waals surface area contributed by atoms with E-state index in [-0.39, 0.29) is 0 Å². The maximum atomic E-state index is 5.54. The van der Waals surface area contributed by atoms with Gasteiger partial charge in [-0.25, -0.2) is 4.98 Å². The molecule has 2 unspecified atom stereocenters. The molecule has 1 aliphatic rings. The first-order chi connectivity index (χ1) is 10.0. The average molecular weight is 311 g/mol. The third-order valence-corrected chi connectivity index (χ3v) is 5.19. The van der Waals surface area contributed by atoms with E-state index >= 15 is 0 Å². The van der Waals surface area contributed by atoms with Gasteiger partial charge in [-0.15, -0.1) is 11.3 Å². The SMILES string of the molecule is CCC(C)c1nc(N2CCOCC2C)sc1CNC(C)C. The zero-order valence-corrected chi connectivity index (χ0v) is 14.8. The van der Waals surface area contributed by atoms with Crippen LogP contribution in [0.15, 0.2) is 0 Å². The molecule has 2 heterocycles. The summed E-state index contributed by atoms with van der Waals surface area (Å²) >= 11 is 1.85. The Bertz CT molecular complexity index is 447. The van der Waals surface area contributed by atoms with Crippen molar-refractivity contribution in [2.45, 2.75) is 65.6 Å². The number of thiazole rings is 1. The Kier molecular flexibility index (Phi) is 6.02. The topological polar surface area (TPSA) is 37.4 Å². The third-order valence-electron chi connectivity index (χ3n) is 4.08. The van der Waals surface area contributed by atoms with Crippen LogP contribution in [0.1, 0.15) is 57.5 Å². The monoisotopic (exact) mass is 311 g/mol. The highest BCUT2D eigenvalue weighted by Crippen LogP contribution is 2.33. The minimum Gasteiger partial charge on any atom is -0.377 e. The molecule has 1 aromatic rings. The summed E-state index contributed by atoms with van der Waals surface area (Å²) < 4.78 is 5.54. The van der Waals surface area contributed by atoms with E-state index in [4.69, 9.17) is 9.72 Å². The van der Waals surface area contributed by atoms with Gasteiger partial charge in [0, 0.05) is 24.0 Å². The van der Waals surface area contributed by atoms with Crippen molar-refractivity contribution in [3.8, 4) is 0 Å². The lowest BCUT2D eigenvalue weighted by atomic mass is 10.0. The molecule has 0 spiro atoms. The lowest BCUT2D eigenvalue weighted by Crippen LogP contribution is -2.43. The number of hydrogen-bond donors (Lipinski definition) is 1. The van der Waals surface area contributed by atoms with Gasteiger partial charge >= 0.3 is 0 Å². The zero-order chi connectivity index (χ0) is 15.4.